The molecule has 214 valence electrons. The molecule has 1 aromatic heterocycles. The van der Waals surface area contributed by atoms with Crippen LogP contribution < -0.4 is 10.0 Å². The van der Waals surface area contributed by atoms with E-state index in [0.717, 1.165) is 42.4 Å². The standard InChI is InChI=1S/C31H35N5O4S/c1-21-11-12-23(19-27(21)41(39,40)35-31(2,3)20-37)28-25-9-5-6-10-26(25)29(34-33-28)32-24-15-13-22(14-16-24)30(38)36-17-7-4-8-18-36/h5-6,9-16,19,35,37H,4,7-8,17-18,20H2,1-3H3,(H,32,34). The highest BCUT2D eigenvalue weighted by molar-refractivity contribution is 7.89. The van der Waals surface area contributed by atoms with Crippen LogP contribution in [-0.2, 0) is 10.0 Å². The molecule has 41 heavy (non-hydrogen) atoms. The number of aryl methyl sites for hydroxylation is 1. The summed E-state index contributed by atoms with van der Waals surface area (Å²) >= 11 is 0. The monoisotopic (exact) mass is 573 g/mol. The van der Waals surface area contributed by atoms with Crippen molar-refractivity contribution in [1.82, 2.24) is 19.8 Å². The first-order valence-corrected chi connectivity index (χ1v) is 15.2. The molecule has 0 aliphatic carbocycles. The number of nitrogens with one attached hydrogen (secondary N) is 2. The van der Waals surface area contributed by atoms with Crippen LogP contribution >= 0.6 is 0 Å². The normalized spacial score (nSPS) is 14.3. The van der Waals surface area contributed by atoms with Crippen molar-refractivity contribution in [3.05, 3.63) is 77.9 Å². The Balaban J connectivity index is 1.45. The van der Waals surface area contributed by atoms with Crippen molar-refractivity contribution < 1.29 is 18.3 Å². The highest BCUT2D eigenvalue weighted by Gasteiger charge is 2.27. The van der Waals surface area contributed by atoms with E-state index < -0.39 is 15.6 Å². The maximum Gasteiger partial charge on any atom is 0.253 e. The molecular weight excluding hydrogens is 538 g/mol. The van der Waals surface area contributed by atoms with Crippen molar-refractivity contribution in [3.8, 4) is 11.3 Å². The highest BCUT2D eigenvalue weighted by Crippen LogP contribution is 2.33. The smallest absolute Gasteiger partial charge is 0.253 e. The molecule has 0 atom stereocenters. The van der Waals surface area contributed by atoms with E-state index in [2.05, 4.69) is 20.2 Å². The topological polar surface area (TPSA) is 125 Å². The van der Waals surface area contributed by atoms with Gasteiger partial charge in [-0.25, -0.2) is 13.1 Å². The van der Waals surface area contributed by atoms with Gasteiger partial charge in [0.15, 0.2) is 5.82 Å². The molecule has 5 rings (SSSR count). The van der Waals surface area contributed by atoms with Crippen LogP contribution in [0.1, 0.15) is 49.0 Å². The molecule has 0 radical (unpaired) electrons. The molecule has 1 fully saturated rings. The molecule has 10 heteroatoms. The predicted octanol–water partition coefficient (Wildman–Crippen LogP) is 5.02. The largest absolute Gasteiger partial charge is 0.394 e. The SMILES string of the molecule is Cc1ccc(-c2nnc(Nc3ccc(C(=O)N4CCCCC4)cc3)c3ccccc23)cc1S(=O)(=O)NC(C)(C)CO. The first kappa shape index (κ1) is 28.7. The van der Waals surface area contributed by atoms with E-state index in [1.807, 2.05) is 59.5 Å². The number of fused-ring (bicyclic) bond motifs is 1. The zero-order valence-electron chi connectivity index (χ0n) is 23.5. The number of aliphatic hydroxyl groups excluding tert-OH is 1. The molecule has 0 unspecified atom stereocenters. The van der Waals surface area contributed by atoms with Crippen molar-refractivity contribution in [2.24, 2.45) is 0 Å². The summed E-state index contributed by atoms with van der Waals surface area (Å²) in [5.74, 6) is 0.603. The fourth-order valence-corrected chi connectivity index (χ4v) is 6.69. The summed E-state index contributed by atoms with van der Waals surface area (Å²) in [6, 6.07) is 20.2. The third kappa shape index (κ3) is 6.24. The number of hydrogen-bond donors (Lipinski definition) is 3. The van der Waals surface area contributed by atoms with Crippen molar-refractivity contribution in [2.45, 2.75) is 50.5 Å². The lowest BCUT2D eigenvalue weighted by Crippen LogP contribution is -2.46. The van der Waals surface area contributed by atoms with Crippen LogP contribution in [-0.4, -0.2) is 59.8 Å². The highest BCUT2D eigenvalue weighted by atomic mass is 32.2. The Hall–Kier alpha value is -3.86. The van der Waals surface area contributed by atoms with E-state index >= 15 is 0 Å². The number of likely N-dealkylation sites (tertiary alicyclic amines) is 1. The number of aromatic nitrogens is 2. The minimum atomic E-state index is -3.91. The lowest BCUT2D eigenvalue weighted by Gasteiger charge is -2.26. The maximum atomic E-state index is 13.2. The van der Waals surface area contributed by atoms with E-state index in [0.29, 0.717) is 28.2 Å². The zero-order chi connectivity index (χ0) is 29.2. The van der Waals surface area contributed by atoms with Crippen LogP contribution in [0.4, 0.5) is 11.5 Å². The Kier molecular flexibility index (Phi) is 8.08. The quantitative estimate of drug-likeness (QED) is 0.270. The molecule has 1 aliphatic rings. The second kappa shape index (κ2) is 11.6. The number of anilines is 2. The van der Waals surface area contributed by atoms with Gasteiger partial charge in [-0.05, 0) is 75.9 Å². The third-order valence-electron chi connectivity index (χ3n) is 7.28. The van der Waals surface area contributed by atoms with E-state index in [4.69, 9.17) is 0 Å². The molecule has 1 amide bonds. The number of benzene rings is 3. The number of carbonyl (C=O) groups excluding carboxylic acids is 1. The Morgan fingerprint density at radius 2 is 1.63 bits per heavy atom. The van der Waals surface area contributed by atoms with Gasteiger partial charge in [0.25, 0.3) is 5.91 Å². The number of amides is 1. The summed E-state index contributed by atoms with van der Waals surface area (Å²) in [5.41, 5.74) is 2.15. The summed E-state index contributed by atoms with van der Waals surface area (Å²) in [6.45, 7) is 6.24. The number of rotatable bonds is 8. The second-order valence-electron chi connectivity index (χ2n) is 11.1. The minimum Gasteiger partial charge on any atom is -0.394 e. The van der Waals surface area contributed by atoms with Gasteiger partial charge in [-0.2, -0.15) is 0 Å². The number of nitrogens with zero attached hydrogens (tertiary/aromatic N) is 3. The van der Waals surface area contributed by atoms with Crippen LogP contribution in [0.3, 0.4) is 0 Å². The number of sulfonamides is 1. The third-order valence-corrected chi connectivity index (χ3v) is 9.12. The fourth-order valence-electron chi connectivity index (χ4n) is 5.01. The van der Waals surface area contributed by atoms with Gasteiger partial charge in [-0.3, -0.25) is 4.79 Å². The van der Waals surface area contributed by atoms with Crippen molar-refractivity contribution in [3.63, 3.8) is 0 Å². The number of aliphatic hydroxyl groups is 1. The zero-order valence-corrected chi connectivity index (χ0v) is 24.3. The summed E-state index contributed by atoms with van der Waals surface area (Å²) in [7, 11) is -3.91. The van der Waals surface area contributed by atoms with E-state index in [-0.39, 0.29) is 17.4 Å². The van der Waals surface area contributed by atoms with Crippen LogP contribution in [0.2, 0.25) is 0 Å². The Morgan fingerprint density at radius 1 is 0.951 bits per heavy atom. The Labute approximate surface area is 240 Å². The van der Waals surface area contributed by atoms with Gasteiger partial charge in [-0.15, -0.1) is 10.2 Å². The van der Waals surface area contributed by atoms with Gasteiger partial charge in [-0.1, -0.05) is 36.4 Å². The van der Waals surface area contributed by atoms with E-state index in [9.17, 15) is 18.3 Å². The van der Waals surface area contributed by atoms with Crippen LogP contribution in [0, 0.1) is 6.92 Å². The molecule has 0 bridgehead atoms. The second-order valence-corrected chi connectivity index (χ2v) is 12.8. The number of piperidine rings is 1. The van der Waals surface area contributed by atoms with Crippen LogP contribution in [0.5, 0.6) is 0 Å². The van der Waals surface area contributed by atoms with Gasteiger partial charge >= 0.3 is 0 Å². The average molecular weight is 574 g/mol. The minimum absolute atomic E-state index is 0.0560. The molecule has 1 saturated heterocycles. The number of carbonyl (C=O) groups is 1. The van der Waals surface area contributed by atoms with Gasteiger partial charge in [0, 0.05) is 40.7 Å². The van der Waals surface area contributed by atoms with E-state index in [1.165, 1.54) is 6.42 Å². The molecule has 0 spiro atoms. The molecule has 1 aliphatic heterocycles. The van der Waals surface area contributed by atoms with E-state index in [1.54, 1.807) is 32.9 Å². The molecule has 9 nitrogen and oxygen atoms in total. The van der Waals surface area contributed by atoms with Gasteiger partial charge < -0.3 is 15.3 Å². The summed E-state index contributed by atoms with van der Waals surface area (Å²) < 4.78 is 29.0. The molecule has 4 aromatic rings. The van der Waals surface area contributed by atoms with Crippen molar-refractivity contribution in [1.29, 1.82) is 0 Å². The molecule has 0 saturated carbocycles. The molecule has 3 N–H and O–H groups in total. The lowest BCUT2D eigenvalue weighted by molar-refractivity contribution is 0.0724. The first-order chi connectivity index (χ1) is 19.6. The van der Waals surface area contributed by atoms with Crippen molar-refractivity contribution >= 4 is 38.2 Å². The first-order valence-electron chi connectivity index (χ1n) is 13.8. The Bertz CT molecular complexity index is 1680. The number of hydrogen-bond acceptors (Lipinski definition) is 7. The predicted molar refractivity (Wildman–Crippen MR) is 161 cm³/mol. The molecule has 3 aromatic carbocycles. The summed E-state index contributed by atoms with van der Waals surface area (Å²) in [6.07, 6.45) is 3.27. The molecular formula is C31H35N5O4S. The van der Waals surface area contributed by atoms with Crippen LogP contribution in [0.15, 0.2) is 71.6 Å². The van der Waals surface area contributed by atoms with Crippen molar-refractivity contribution in [2.75, 3.05) is 25.0 Å². The average Bonchev–Trinajstić information content (AvgIpc) is 2.97. The van der Waals surface area contributed by atoms with Gasteiger partial charge in [0.05, 0.1) is 17.0 Å². The van der Waals surface area contributed by atoms with Gasteiger partial charge in [0.1, 0.15) is 5.69 Å². The summed E-state index contributed by atoms with van der Waals surface area (Å²) in [4.78, 5) is 14.9. The maximum absolute atomic E-state index is 13.2. The fraction of sp³-hybridized carbons (Fsp3) is 0.323. The Morgan fingerprint density at radius 3 is 2.32 bits per heavy atom. The summed E-state index contributed by atoms with van der Waals surface area (Å²) in [5, 5.41) is 23.5. The lowest BCUT2D eigenvalue weighted by atomic mass is 10.0. The van der Waals surface area contributed by atoms with Gasteiger partial charge in [0.2, 0.25) is 10.0 Å². The van der Waals surface area contributed by atoms with Crippen LogP contribution in [0.25, 0.3) is 22.0 Å². The molecule has 2 heterocycles.